The van der Waals surface area contributed by atoms with E-state index in [-0.39, 0.29) is 17.1 Å². The average Bonchev–Trinajstić information content (AvgIpc) is 3.04. The van der Waals surface area contributed by atoms with Gasteiger partial charge in [-0.25, -0.2) is 13.2 Å². The molecule has 1 aromatic heterocycles. The third-order valence-corrected chi connectivity index (χ3v) is 6.45. The SMILES string of the molecule is Cc1cc(C(=O)COC(=O)c2cccc(CS(C)(=O)=O)c2)c(C)n1CCc1ccc(Cl)cc1. The largest absolute Gasteiger partial charge is 0.454 e. The number of halogens is 1. The lowest BCUT2D eigenvalue weighted by Gasteiger charge is -2.10. The maximum absolute atomic E-state index is 12.7. The smallest absolute Gasteiger partial charge is 0.338 e. The summed E-state index contributed by atoms with van der Waals surface area (Å²) in [4.78, 5) is 25.1. The second kappa shape index (κ2) is 10.4. The van der Waals surface area contributed by atoms with Crippen molar-refractivity contribution >= 4 is 33.2 Å². The van der Waals surface area contributed by atoms with E-state index in [9.17, 15) is 18.0 Å². The van der Waals surface area contributed by atoms with Crippen molar-refractivity contribution in [3.05, 3.63) is 93.3 Å². The van der Waals surface area contributed by atoms with Crippen molar-refractivity contribution in [2.24, 2.45) is 0 Å². The van der Waals surface area contributed by atoms with Crippen molar-refractivity contribution < 1.29 is 22.7 Å². The first-order chi connectivity index (χ1) is 15.5. The second-order valence-electron chi connectivity index (χ2n) is 8.08. The molecule has 3 aromatic rings. The van der Waals surface area contributed by atoms with Crippen LogP contribution in [-0.2, 0) is 33.3 Å². The topological polar surface area (TPSA) is 82.4 Å². The fourth-order valence-corrected chi connectivity index (χ4v) is 4.61. The average molecular weight is 488 g/mol. The first-order valence-electron chi connectivity index (χ1n) is 10.4. The van der Waals surface area contributed by atoms with Gasteiger partial charge in [-0.2, -0.15) is 0 Å². The van der Waals surface area contributed by atoms with Gasteiger partial charge in [-0.3, -0.25) is 4.79 Å². The molecule has 0 aliphatic rings. The molecule has 3 rings (SSSR count). The Morgan fingerprint density at radius 2 is 1.70 bits per heavy atom. The van der Waals surface area contributed by atoms with Gasteiger partial charge >= 0.3 is 5.97 Å². The molecule has 8 heteroatoms. The van der Waals surface area contributed by atoms with Crippen molar-refractivity contribution in [2.75, 3.05) is 12.9 Å². The number of carbonyl (C=O) groups is 2. The third kappa shape index (κ3) is 6.79. The van der Waals surface area contributed by atoms with Gasteiger partial charge in [0.25, 0.3) is 0 Å². The van der Waals surface area contributed by atoms with Gasteiger partial charge in [0.1, 0.15) is 0 Å². The number of hydrogen-bond donors (Lipinski definition) is 0. The van der Waals surface area contributed by atoms with E-state index in [1.165, 1.54) is 12.1 Å². The van der Waals surface area contributed by atoms with E-state index in [0.29, 0.717) is 22.7 Å². The van der Waals surface area contributed by atoms with E-state index in [0.717, 1.165) is 29.6 Å². The number of benzene rings is 2. The second-order valence-corrected chi connectivity index (χ2v) is 10.7. The highest BCUT2D eigenvalue weighted by molar-refractivity contribution is 7.89. The summed E-state index contributed by atoms with van der Waals surface area (Å²) in [6.45, 7) is 4.12. The van der Waals surface area contributed by atoms with E-state index in [4.69, 9.17) is 16.3 Å². The molecule has 6 nitrogen and oxygen atoms in total. The predicted molar refractivity (Wildman–Crippen MR) is 129 cm³/mol. The number of rotatable bonds is 9. The minimum atomic E-state index is -3.23. The van der Waals surface area contributed by atoms with E-state index < -0.39 is 22.4 Å². The van der Waals surface area contributed by atoms with Crippen LogP contribution in [-0.4, -0.2) is 37.6 Å². The number of aryl methyl sites for hydroxylation is 2. The van der Waals surface area contributed by atoms with Crippen molar-refractivity contribution in [1.82, 2.24) is 4.57 Å². The number of nitrogens with zero attached hydrogens (tertiary/aromatic N) is 1. The Balaban J connectivity index is 1.63. The van der Waals surface area contributed by atoms with Gasteiger partial charge in [0, 0.05) is 34.8 Å². The standard InChI is InChI=1S/C25H26ClNO5S/c1-17-13-23(18(2)27(17)12-11-19-7-9-22(26)10-8-19)24(28)15-32-25(29)21-6-4-5-20(14-21)16-33(3,30)31/h4-10,13-14H,11-12,15-16H2,1-3H3. The summed E-state index contributed by atoms with van der Waals surface area (Å²) >= 11 is 5.94. The lowest BCUT2D eigenvalue weighted by molar-refractivity contribution is 0.0474. The van der Waals surface area contributed by atoms with Gasteiger partial charge in [-0.05, 0) is 61.7 Å². The summed E-state index contributed by atoms with van der Waals surface area (Å²) in [5, 5.41) is 0.691. The fourth-order valence-electron chi connectivity index (χ4n) is 3.70. The van der Waals surface area contributed by atoms with Crippen LogP contribution in [0.1, 0.15) is 43.2 Å². The molecule has 0 saturated heterocycles. The Bertz CT molecular complexity index is 1280. The normalized spacial score (nSPS) is 11.4. The first kappa shape index (κ1) is 24.7. The molecule has 0 N–H and O–H groups in total. The highest BCUT2D eigenvalue weighted by atomic mass is 35.5. The van der Waals surface area contributed by atoms with Crippen LogP contribution in [0.5, 0.6) is 0 Å². The van der Waals surface area contributed by atoms with Gasteiger partial charge in [0.05, 0.1) is 11.3 Å². The third-order valence-electron chi connectivity index (χ3n) is 5.34. The van der Waals surface area contributed by atoms with Crippen molar-refractivity contribution in [2.45, 2.75) is 32.6 Å². The molecule has 0 amide bonds. The van der Waals surface area contributed by atoms with Crippen LogP contribution in [0.25, 0.3) is 0 Å². The molecule has 0 unspecified atom stereocenters. The number of hydrogen-bond acceptors (Lipinski definition) is 5. The zero-order valence-corrected chi connectivity index (χ0v) is 20.4. The molecule has 2 aromatic carbocycles. The van der Waals surface area contributed by atoms with Gasteiger partial charge in [0.2, 0.25) is 5.78 Å². The number of esters is 1. The minimum absolute atomic E-state index is 0.172. The monoisotopic (exact) mass is 487 g/mol. The molecule has 0 saturated carbocycles. The van der Waals surface area contributed by atoms with Gasteiger partial charge in [0.15, 0.2) is 16.4 Å². The number of carbonyl (C=O) groups excluding carboxylic acids is 2. The van der Waals surface area contributed by atoms with Crippen LogP contribution < -0.4 is 0 Å². The Morgan fingerprint density at radius 1 is 1.00 bits per heavy atom. The zero-order chi connectivity index (χ0) is 24.2. The highest BCUT2D eigenvalue weighted by Crippen LogP contribution is 2.18. The van der Waals surface area contributed by atoms with Gasteiger partial charge in [-0.15, -0.1) is 0 Å². The summed E-state index contributed by atoms with van der Waals surface area (Å²) in [7, 11) is -3.23. The summed E-state index contributed by atoms with van der Waals surface area (Å²) < 4.78 is 30.3. The molecule has 0 atom stereocenters. The van der Waals surface area contributed by atoms with Gasteiger partial charge in [-0.1, -0.05) is 35.9 Å². The molecule has 1 heterocycles. The molecule has 33 heavy (non-hydrogen) atoms. The maximum atomic E-state index is 12.7. The minimum Gasteiger partial charge on any atom is -0.454 e. The Morgan fingerprint density at radius 3 is 2.36 bits per heavy atom. The summed E-state index contributed by atoms with van der Waals surface area (Å²) in [6.07, 6.45) is 1.92. The van der Waals surface area contributed by atoms with Crippen LogP contribution in [0, 0.1) is 13.8 Å². The lowest BCUT2D eigenvalue weighted by Crippen LogP contribution is -2.15. The number of Topliss-reactive ketones (excluding diaryl/α,β-unsaturated/α-hetero) is 1. The molecule has 0 bridgehead atoms. The maximum Gasteiger partial charge on any atom is 0.338 e. The van der Waals surface area contributed by atoms with Gasteiger partial charge < -0.3 is 9.30 Å². The Labute approximate surface area is 199 Å². The molecule has 0 fully saturated rings. The van der Waals surface area contributed by atoms with Crippen LogP contribution in [0.2, 0.25) is 5.02 Å². The molecule has 0 spiro atoms. The Kier molecular flexibility index (Phi) is 7.76. The molecule has 0 radical (unpaired) electrons. The van der Waals surface area contributed by atoms with Crippen LogP contribution in [0.4, 0.5) is 0 Å². The molecular weight excluding hydrogens is 462 g/mol. The van der Waals surface area contributed by atoms with Crippen molar-refractivity contribution in [1.29, 1.82) is 0 Å². The lowest BCUT2D eigenvalue weighted by atomic mass is 10.1. The number of aromatic nitrogens is 1. The molecule has 0 aliphatic heterocycles. The first-order valence-corrected chi connectivity index (χ1v) is 12.9. The van der Waals surface area contributed by atoms with E-state index in [1.54, 1.807) is 18.2 Å². The summed E-state index contributed by atoms with van der Waals surface area (Å²) in [6, 6.07) is 15.7. The van der Waals surface area contributed by atoms with E-state index in [1.807, 2.05) is 38.1 Å². The van der Waals surface area contributed by atoms with E-state index in [2.05, 4.69) is 4.57 Å². The molecular formula is C25H26ClNO5S. The summed E-state index contributed by atoms with van der Waals surface area (Å²) in [5.74, 6) is -1.13. The molecule has 0 aliphatic carbocycles. The highest BCUT2D eigenvalue weighted by Gasteiger charge is 2.18. The number of ether oxygens (including phenoxy) is 1. The van der Waals surface area contributed by atoms with Crippen LogP contribution in [0.15, 0.2) is 54.6 Å². The van der Waals surface area contributed by atoms with Crippen molar-refractivity contribution in [3.63, 3.8) is 0 Å². The number of sulfone groups is 1. The number of ketones is 1. The fraction of sp³-hybridized carbons (Fsp3) is 0.280. The quantitative estimate of drug-likeness (QED) is 0.326. The zero-order valence-electron chi connectivity index (χ0n) is 18.8. The Hall–Kier alpha value is -2.90. The molecule has 174 valence electrons. The van der Waals surface area contributed by atoms with Crippen LogP contribution in [0.3, 0.4) is 0 Å². The predicted octanol–water partition coefficient (Wildman–Crippen LogP) is 4.59. The van der Waals surface area contributed by atoms with Crippen molar-refractivity contribution in [3.8, 4) is 0 Å². The van der Waals surface area contributed by atoms with Crippen LogP contribution >= 0.6 is 11.6 Å². The summed E-state index contributed by atoms with van der Waals surface area (Å²) in [5.41, 5.74) is 4.12. The van der Waals surface area contributed by atoms with E-state index >= 15 is 0 Å².